The average Bonchev–Trinajstić information content (AvgIpc) is 3.20. The van der Waals surface area contributed by atoms with Gasteiger partial charge in [0.05, 0.1) is 5.52 Å². The van der Waals surface area contributed by atoms with Crippen molar-refractivity contribution in [2.45, 2.75) is 5.03 Å². The number of pyridine rings is 2. The van der Waals surface area contributed by atoms with Crippen LogP contribution in [0.1, 0.15) is 11.1 Å². The van der Waals surface area contributed by atoms with Crippen molar-refractivity contribution in [1.29, 1.82) is 0 Å². The minimum Gasteiger partial charge on any atom is -0.296 e. The van der Waals surface area contributed by atoms with Gasteiger partial charge in [-0.15, -0.1) is 35.0 Å². The summed E-state index contributed by atoms with van der Waals surface area (Å²) in [5, 5.41) is 4.46. The van der Waals surface area contributed by atoms with Gasteiger partial charge in [0.25, 0.3) is 0 Å². The van der Waals surface area contributed by atoms with Gasteiger partial charge in [-0.05, 0) is 40.2 Å². The Balaban J connectivity index is 0.000000181. The molecule has 0 amide bonds. The van der Waals surface area contributed by atoms with E-state index in [0.717, 1.165) is 16.4 Å². The number of rotatable bonds is 1. The molecule has 0 unspecified atom stereocenters. The monoisotopic (exact) mass is 604 g/mol. The molecule has 155 valence electrons. The molecule has 0 saturated carbocycles. The van der Waals surface area contributed by atoms with E-state index >= 15 is 0 Å². The molecular formula is C24H15IrN2O3S-. The zero-order valence-electron chi connectivity index (χ0n) is 16.0. The summed E-state index contributed by atoms with van der Waals surface area (Å²) >= 11 is 0. The summed E-state index contributed by atoms with van der Waals surface area (Å²) in [4.78, 5) is 8.31. The summed E-state index contributed by atoms with van der Waals surface area (Å²) in [6, 6.07) is 24.4. The molecule has 7 heteroatoms. The van der Waals surface area contributed by atoms with Gasteiger partial charge in [0.15, 0.2) is 5.03 Å². The topological polar surface area (TPSA) is 80.2 Å². The van der Waals surface area contributed by atoms with Gasteiger partial charge in [-0.3, -0.25) is 9.54 Å². The Hall–Kier alpha value is -2.96. The fraction of sp³-hybridized carbons (Fsp3) is 0. The zero-order chi connectivity index (χ0) is 20.7. The number of aromatic nitrogens is 2. The predicted molar refractivity (Wildman–Crippen MR) is 119 cm³/mol. The Morgan fingerprint density at radius 3 is 2.52 bits per heavy atom. The van der Waals surface area contributed by atoms with E-state index in [-0.39, 0.29) is 25.1 Å². The van der Waals surface area contributed by atoms with Crippen LogP contribution in [-0.2, 0) is 30.2 Å². The number of hydrogen-bond acceptors (Lipinski definition) is 4. The molecule has 0 aliphatic heterocycles. The van der Waals surface area contributed by atoms with Crippen LogP contribution in [-0.4, -0.2) is 22.9 Å². The van der Waals surface area contributed by atoms with Crippen molar-refractivity contribution in [3.63, 3.8) is 0 Å². The van der Waals surface area contributed by atoms with Crippen molar-refractivity contribution >= 4 is 54.8 Å². The normalized spacial score (nSPS) is 11.9. The third-order valence-corrected chi connectivity index (χ3v) is 5.78. The third kappa shape index (κ3) is 3.89. The number of fused-ring (bicyclic) bond motifs is 4. The van der Waals surface area contributed by atoms with Gasteiger partial charge in [-0.25, -0.2) is 4.98 Å². The fourth-order valence-corrected chi connectivity index (χ4v) is 4.14. The molecule has 0 bridgehead atoms. The standard InChI is InChI=1S/C19H10N.C5H5NO3S.Ir/c1-2-6-14-12(4-1)8-11-16-15-10-9-13-5-3-7-17(18(13)15)20-19(14)16;7-10(8,9)5-3-1-2-4-6-5;/h1-5,7-11H;1-4H,(H,7,8,9);/q-1;;. The van der Waals surface area contributed by atoms with E-state index in [2.05, 4.69) is 59.6 Å². The molecule has 0 spiro atoms. The van der Waals surface area contributed by atoms with Crippen molar-refractivity contribution in [3.05, 3.63) is 90.1 Å². The summed E-state index contributed by atoms with van der Waals surface area (Å²) < 4.78 is 29.1. The van der Waals surface area contributed by atoms with Gasteiger partial charge in [0.2, 0.25) is 0 Å². The molecule has 0 fully saturated rings. The Morgan fingerprint density at radius 1 is 0.903 bits per heavy atom. The van der Waals surface area contributed by atoms with Crippen LogP contribution in [0.3, 0.4) is 0 Å². The summed E-state index contributed by atoms with van der Waals surface area (Å²) in [5.41, 5.74) is 4.68. The van der Waals surface area contributed by atoms with Gasteiger partial charge in [-0.2, -0.15) is 8.42 Å². The summed E-state index contributed by atoms with van der Waals surface area (Å²) in [7, 11) is -4.11. The molecule has 6 rings (SSSR count). The molecule has 1 aliphatic carbocycles. The van der Waals surface area contributed by atoms with Gasteiger partial charge in [0, 0.05) is 31.7 Å². The SMILES string of the molecule is O=S(=O)(O)c1ccccn1.[Ir].[c-]1cccc2ccc3c4c5c(cccc5nc3c12)C=C4. The van der Waals surface area contributed by atoms with E-state index < -0.39 is 10.1 Å². The minimum absolute atomic E-state index is 0. The van der Waals surface area contributed by atoms with E-state index in [1.807, 2.05) is 12.1 Å². The third-order valence-electron chi connectivity index (χ3n) is 5.01. The molecule has 1 aliphatic rings. The first kappa shape index (κ1) is 21.3. The Bertz CT molecular complexity index is 1570. The molecule has 1 N–H and O–H groups in total. The van der Waals surface area contributed by atoms with E-state index in [1.54, 1.807) is 6.07 Å². The van der Waals surface area contributed by atoms with Gasteiger partial charge in [0.1, 0.15) is 0 Å². The summed E-state index contributed by atoms with van der Waals surface area (Å²) in [6.45, 7) is 0. The largest absolute Gasteiger partial charge is 0.312 e. The molecule has 0 atom stereocenters. The van der Waals surface area contributed by atoms with Crippen LogP contribution in [0.2, 0.25) is 0 Å². The molecular weight excluding hydrogens is 589 g/mol. The van der Waals surface area contributed by atoms with E-state index in [4.69, 9.17) is 9.54 Å². The van der Waals surface area contributed by atoms with Crippen molar-refractivity contribution in [2.75, 3.05) is 0 Å². The van der Waals surface area contributed by atoms with Gasteiger partial charge in [-0.1, -0.05) is 42.5 Å². The Morgan fingerprint density at radius 2 is 1.77 bits per heavy atom. The maximum absolute atomic E-state index is 10.3. The first-order chi connectivity index (χ1) is 14.5. The summed E-state index contributed by atoms with van der Waals surface area (Å²) in [5.74, 6) is 0. The van der Waals surface area contributed by atoms with Crippen LogP contribution in [0, 0.1) is 6.07 Å². The minimum atomic E-state index is -4.11. The second-order valence-electron chi connectivity index (χ2n) is 6.84. The molecule has 31 heavy (non-hydrogen) atoms. The Kier molecular flexibility index (Phi) is 5.69. The van der Waals surface area contributed by atoms with E-state index in [0.29, 0.717) is 0 Å². The van der Waals surface area contributed by atoms with Crippen LogP contribution in [0.25, 0.3) is 44.7 Å². The van der Waals surface area contributed by atoms with Gasteiger partial charge >= 0.3 is 10.1 Å². The van der Waals surface area contributed by atoms with Crippen molar-refractivity contribution in [2.24, 2.45) is 0 Å². The molecule has 2 aromatic heterocycles. The van der Waals surface area contributed by atoms with Gasteiger partial charge < -0.3 is 0 Å². The molecule has 5 aromatic rings. The molecule has 3 aromatic carbocycles. The molecule has 2 heterocycles. The molecule has 0 saturated heterocycles. The first-order valence-corrected chi connectivity index (χ1v) is 10.7. The predicted octanol–water partition coefficient (Wildman–Crippen LogP) is 5.15. The summed E-state index contributed by atoms with van der Waals surface area (Å²) in [6.07, 6.45) is 5.68. The van der Waals surface area contributed by atoms with Crippen LogP contribution < -0.4 is 0 Å². The fourth-order valence-electron chi connectivity index (χ4n) is 3.70. The van der Waals surface area contributed by atoms with Crippen LogP contribution >= 0.6 is 0 Å². The number of nitrogens with zero attached hydrogens (tertiary/aromatic N) is 2. The van der Waals surface area contributed by atoms with Crippen molar-refractivity contribution in [3.8, 4) is 0 Å². The maximum Gasteiger partial charge on any atom is 0.312 e. The first-order valence-electron chi connectivity index (χ1n) is 9.25. The Labute approximate surface area is 192 Å². The van der Waals surface area contributed by atoms with Crippen LogP contribution in [0.15, 0.2) is 78.0 Å². The number of hydrogen-bond donors (Lipinski definition) is 1. The van der Waals surface area contributed by atoms with E-state index in [9.17, 15) is 8.42 Å². The average molecular weight is 604 g/mol. The zero-order valence-corrected chi connectivity index (χ0v) is 19.2. The van der Waals surface area contributed by atoms with E-state index in [1.165, 1.54) is 45.6 Å². The quantitative estimate of drug-likeness (QED) is 0.122. The van der Waals surface area contributed by atoms with Crippen molar-refractivity contribution in [1.82, 2.24) is 9.97 Å². The second-order valence-corrected chi connectivity index (χ2v) is 8.21. The second kappa shape index (κ2) is 8.29. The molecule has 5 nitrogen and oxygen atoms in total. The maximum atomic E-state index is 10.3. The number of benzene rings is 3. The molecule has 1 radical (unpaired) electrons. The van der Waals surface area contributed by atoms with Crippen LogP contribution in [0.4, 0.5) is 0 Å². The smallest absolute Gasteiger partial charge is 0.296 e. The van der Waals surface area contributed by atoms with Crippen molar-refractivity contribution < 1.29 is 33.1 Å². The van der Waals surface area contributed by atoms with Crippen LogP contribution in [0.5, 0.6) is 0 Å².